The van der Waals surface area contributed by atoms with Crippen LogP contribution in [0.15, 0.2) is 0 Å². The Morgan fingerprint density at radius 1 is 1.57 bits per heavy atom. The molecule has 3 heteroatoms. The van der Waals surface area contributed by atoms with Crippen LogP contribution in [0.4, 0.5) is 0 Å². The standard InChI is InChI=1S/C2H4O2.2CH3.Co/c1-2(3)4;;;/h1H3,(H,3,4);2*1H3;. The summed E-state index contributed by atoms with van der Waals surface area (Å²) < 4.78 is 0. The van der Waals surface area contributed by atoms with E-state index in [1.165, 1.54) is 14.7 Å². The third-order valence-electron chi connectivity index (χ3n) is 0. The first kappa shape index (κ1) is 10.1. The van der Waals surface area contributed by atoms with Gasteiger partial charge in [0.25, 0.3) is 5.97 Å². The summed E-state index contributed by atoms with van der Waals surface area (Å²) in [5.74, 6) is 3.35. The van der Waals surface area contributed by atoms with E-state index in [0.29, 0.717) is 0 Å². The van der Waals surface area contributed by atoms with Crippen LogP contribution in [0.2, 0.25) is 11.7 Å². The van der Waals surface area contributed by atoms with Crippen molar-refractivity contribution in [1.29, 1.82) is 0 Å². The van der Waals surface area contributed by atoms with Gasteiger partial charge in [0, 0.05) is 6.92 Å². The van der Waals surface area contributed by atoms with Gasteiger partial charge in [-0.05, 0) is 0 Å². The molecule has 0 bridgehead atoms. The molecule has 0 radical (unpaired) electrons. The Hall–Kier alpha value is -0.0235. The molecule has 0 aromatic rings. The second-order valence-corrected chi connectivity index (χ2v) is 1.89. The average Bonchev–Trinajstić information content (AvgIpc) is 1.33. The summed E-state index contributed by atoms with van der Waals surface area (Å²) in [6.45, 7) is 1.08. The average molecular weight is 149 g/mol. The van der Waals surface area contributed by atoms with Crippen molar-refractivity contribution in [2.45, 2.75) is 18.6 Å². The SMILES string of the molecule is CC(=O)O.[CH3][Co][CH3]. The summed E-state index contributed by atoms with van der Waals surface area (Å²) in [6, 6.07) is 0. The topological polar surface area (TPSA) is 37.3 Å². The van der Waals surface area contributed by atoms with E-state index in [4.69, 9.17) is 9.90 Å². The van der Waals surface area contributed by atoms with Crippen molar-refractivity contribution in [3.63, 3.8) is 0 Å². The van der Waals surface area contributed by atoms with E-state index < -0.39 is 5.97 Å². The van der Waals surface area contributed by atoms with Crippen LogP contribution in [0.5, 0.6) is 0 Å². The predicted molar refractivity (Wildman–Crippen MR) is 25.0 cm³/mol. The third kappa shape index (κ3) is 171000. The van der Waals surface area contributed by atoms with Gasteiger partial charge < -0.3 is 5.11 Å². The van der Waals surface area contributed by atoms with E-state index >= 15 is 0 Å². The Morgan fingerprint density at radius 3 is 1.57 bits per heavy atom. The van der Waals surface area contributed by atoms with Gasteiger partial charge in [0.15, 0.2) is 0 Å². The Balaban J connectivity index is 0. The molecule has 0 aromatic carbocycles. The van der Waals surface area contributed by atoms with Crippen molar-refractivity contribution >= 4 is 5.97 Å². The van der Waals surface area contributed by atoms with Gasteiger partial charge in [0.2, 0.25) is 0 Å². The van der Waals surface area contributed by atoms with Crippen LogP contribution >= 0.6 is 0 Å². The Kier molecular flexibility index (Phi) is 13.5. The van der Waals surface area contributed by atoms with Crippen LogP contribution in [0.3, 0.4) is 0 Å². The summed E-state index contributed by atoms with van der Waals surface area (Å²) in [7, 11) is 0. The summed E-state index contributed by atoms with van der Waals surface area (Å²) in [6.07, 6.45) is 0. The zero-order chi connectivity index (χ0) is 6.28. The molecule has 0 fully saturated rings. The third-order valence-corrected chi connectivity index (χ3v) is 0. The number of hydrogen-bond donors (Lipinski definition) is 1. The van der Waals surface area contributed by atoms with Gasteiger partial charge in [-0.15, -0.1) is 0 Å². The molecule has 2 nitrogen and oxygen atoms in total. The number of rotatable bonds is 0. The van der Waals surface area contributed by atoms with Crippen molar-refractivity contribution < 1.29 is 24.6 Å². The summed E-state index contributed by atoms with van der Waals surface area (Å²) in [4.78, 5) is 9.00. The van der Waals surface area contributed by atoms with E-state index in [2.05, 4.69) is 11.7 Å². The number of hydrogen-bond acceptors (Lipinski definition) is 1. The molecule has 0 aliphatic rings. The van der Waals surface area contributed by atoms with Crippen molar-refractivity contribution in [2.75, 3.05) is 0 Å². The van der Waals surface area contributed by atoms with Crippen LogP contribution in [-0.4, -0.2) is 11.1 Å². The summed E-state index contributed by atoms with van der Waals surface area (Å²) in [5.41, 5.74) is 0. The van der Waals surface area contributed by atoms with Crippen LogP contribution in [0.1, 0.15) is 6.92 Å². The first-order valence-electron chi connectivity index (χ1n) is 1.59. The minimum absolute atomic E-state index is 0.833. The van der Waals surface area contributed by atoms with Crippen molar-refractivity contribution in [3.05, 3.63) is 0 Å². The molecule has 0 atom stereocenters. The molecule has 0 saturated carbocycles. The number of carboxylic acids is 1. The van der Waals surface area contributed by atoms with Crippen molar-refractivity contribution in [2.24, 2.45) is 0 Å². The van der Waals surface area contributed by atoms with Gasteiger partial charge in [-0.2, -0.15) is 0 Å². The fourth-order valence-corrected chi connectivity index (χ4v) is 0. The molecule has 7 heavy (non-hydrogen) atoms. The van der Waals surface area contributed by atoms with Gasteiger partial charge >= 0.3 is 26.4 Å². The molecule has 0 aliphatic carbocycles. The van der Waals surface area contributed by atoms with Gasteiger partial charge in [-0.3, -0.25) is 4.79 Å². The maximum atomic E-state index is 9.00. The first-order valence-corrected chi connectivity index (χ1v) is 3.68. The van der Waals surface area contributed by atoms with Crippen molar-refractivity contribution in [1.82, 2.24) is 0 Å². The second-order valence-electron chi connectivity index (χ2n) is 0.852. The van der Waals surface area contributed by atoms with Crippen molar-refractivity contribution in [3.8, 4) is 0 Å². The zero-order valence-electron chi connectivity index (χ0n) is 4.69. The van der Waals surface area contributed by atoms with Gasteiger partial charge in [-0.1, -0.05) is 0 Å². The first-order chi connectivity index (χ1) is 3.15. The monoisotopic (exact) mass is 149 g/mol. The predicted octanol–water partition coefficient (Wildman–Crippen LogP) is 1.26. The molecule has 1 N–H and O–H groups in total. The fourth-order valence-electron chi connectivity index (χ4n) is 0. The molecule has 0 rings (SSSR count). The zero-order valence-corrected chi connectivity index (χ0v) is 5.73. The van der Waals surface area contributed by atoms with Gasteiger partial charge in [0.05, 0.1) is 0 Å². The fraction of sp³-hybridized carbons (Fsp3) is 0.750. The second kappa shape index (κ2) is 9.36. The quantitative estimate of drug-likeness (QED) is 0.562. The van der Waals surface area contributed by atoms with Crippen LogP contribution in [-0.2, 0) is 19.5 Å². The molecular formula is C4H10CoO2. The van der Waals surface area contributed by atoms with Crippen LogP contribution in [0, 0.1) is 0 Å². The normalized spacial score (nSPS) is 6.71. The molecular weight excluding hydrogens is 139 g/mol. The Morgan fingerprint density at radius 2 is 1.57 bits per heavy atom. The van der Waals surface area contributed by atoms with E-state index in [1.54, 1.807) is 0 Å². The van der Waals surface area contributed by atoms with Gasteiger partial charge in [-0.25, -0.2) is 0 Å². The molecule has 0 aromatic heterocycles. The maximum absolute atomic E-state index is 9.00. The van der Waals surface area contributed by atoms with Crippen LogP contribution < -0.4 is 0 Å². The van der Waals surface area contributed by atoms with Gasteiger partial charge in [0.1, 0.15) is 0 Å². The molecule has 0 spiro atoms. The van der Waals surface area contributed by atoms with E-state index in [9.17, 15) is 0 Å². The van der Waals surface area contributed by atoms with E-state index in [-0.39, 0.29) is 0 Å². The molecule has 0 aliphatic heterocycles. The molecule has 0 saturated heterocycles. The summed E-state index contributed by atoms with van der Waals surface area (Å²) >= 11 is 1.44. The van der Waals surface area contributed by atoms with E-state index in [0.717, 1.165) is 6.92 Å². The molecule has 0 amide bonds. The summed E-state index contributed by atoms with van der Waals surface area (Å²) in [5, 5.41) is 7.42. The minimum atomic E-state index is -0.833. The Bertz CT molecular complexity index is 41.0. The number of carboxylic acid groups (broad SMARTS) is 1. The molecule has 0 heterocycles. The van der Waals surface area contributed by atoms with E-state index in [1.807, 2.05) is 0 Å². The molecule has 0 unspecified atom stereocenters. The number of aliphatic carboxylic acids is 1. The Labute approximate surface area is 49.9 Å². The molecule has 47 valence electrons. The van der Waals surface area contributed by atoms with Crippen LogP contribution in [0.25, 0.3) is 0 Å². The number of carbonyl (C=O) groups is 1.